The van der Waals surface area contributed by atoms with Gasteiger partial charge in [-0.05, 0) is 33.3 Å². The highest BCUT2D eigenvalue weighted by molar-refractivity contribution is 5.80. The van der Waals surface area contributed by atoms with Crippen LogP contribution in [-0.4, -0.2) is 48.7 Å². The molecular weight excluding hydrogens is 355 g/mol. The first-order chi connectivity index (χ1) is 12.6. The molecule has 0 heterocycles. The monoisotopic (exact) mass is 382 g/mol. The summed E-state index contributed by atoms with van der Waals surface area (Å²) >= 11 is 0. The zero-order valence-corrected chi connectivity index (χ0v) is 16.2. The highest BCUT2D eigenvalue weighted by atomic mass is 19.1. The van der Waals surface area contributed by atoms with E-state index in [4.69, 9.17) is 9.47 Å². The van der Waals surface area contributed by atoms with E-state index in [-0.39, 0.29) is 19.5 Å². The van der Waals surface area contributed by atoms with Crippen LogP contribution in [-0.2, 0) is 25.6 Å². The molecule has 2 amide bonds. The molecule has 0 unspecified atom stereocenters. The van der Waals surface area contributed by atoms with Gasteiger partial charge >= 0.3 is 12.1 Å². The molecule has 0 fully saturated rings. The second-order valence-corrected chi connectivity index (χ2v) is 7.03. The van der Waals surface area contributed by atoms with Crippen molar-refractivity contribution in [3.63, 3.8) is 0 Å². The van der Waals surface area contributed by atoms with Crippen molar-refractivity contribution in [2.45, 2.75) is 45.8 Å². The lowest BCUT2D eigenvalue weighted by Gasteiger charge is -2.19. The summed E-state index contributed by atoms with van der Waals surface area (Å²) in [6.07, 6.45) is -0.141. The quantitative estimate of drug-likeness (QED) is 0.552. The maximum atomic E-state index is 13.6. The topological polar surface area (TPSA) is 84.9 Å². The number of carbonyl (C=O) groups excluding carboxylic acids is 3. The highest BCUT2D eigenvalue weighted by Gasteiger charge is 2.16. The van der Waals surface area contributed by atoms with Gasteiger partial charge in [-0.2, -0.15) is 0 Å². The fraction of sp³-hybridized carbons (Fsp3) is 0.526. The van der Waals surface area contributed by atoms with Crippen molar-refractivity contribution in [2.24, 2.45) is 0 Å². The zero-order valence-electron chi connectivity index (χ0n) is 16.2. The Balaban J connectivity index is 2.23. The summed E-state index contributed by atoms with van der Waals surface area (Å²) in [6.45, 7) is 5.19. The molecule has 0 bridgehead atoms. The van der Waals surface area contributed by atoms with Crippen LogP contribution in [0.4, 0.5) is 9.18 Å². The van der Waals surface area contributed by atoms with Crippen LogP contribution < -0.4 is 5.32 Å². The minimum Gasteiger partial charge on any atom is -0.456 e. The van der Waals surface area contributed by atoms with Gasteiger partial charge in [0.15, 0.2) is 6.61 Å². The van der Waals surface area contributed by atoms with E-state index in [0.29, 0.717) is 12.0 Å². The number of likely N-dealkylation sites (N-methyl/N-ethyl adjacent to an activating group) is 1. The van der Waals surface area contributed by atoms with Gasteiger partial charge in [0.05, 0.1) is 0 Å². The number of nitrogens with one attached hydrogen (secondary N) is 1. The smallest absolute Gasteiger partial charge is 0.407 e. The van der Waals surface area contributed by atoms with Gasteiger partial charge < -0.3 is 19.7 Å². The van der Waals surface area contributed by atoms with E-state index in [9.17, 15) is 18.8 Å². The molecule has 0 atom stereocenters. The first-order valence-corrected chi connectivity index (χ1v) is 8.68. The molecule has 27 heavy (non-hydrogen) atoms. The summed E-state index contributed by atoms with van der Waals surface area (Å²) in [5.41, 5.74) is -0.203. The lowest BCUT2D eigenvalue weighted by atomic mass is 10.2. The van der Waals surface area contributed by atoms with Crippen molar-refractivity contribution in [2.75, 3.05) is 20.2 Å². The van der Waals surface area contributed by atoms with Crippen LogP contribution in [0.5, 0.6) is 0 Å². The van der Waals surface area contributed by atoms with Gasteiger partial charge in [-0.25, -0.2) is 9.18 Å². The molecule has 0 saturated heterocycles. The molecule has 1 aromatic rings. The van der Waals surface area contributed by atoms with Gasteiger partial charge in [-0.1, -0.05) is 18.2 Å². The van der Waals surface area contributed by atoms with E-state index >= 15 is 0 Å². The predicted octanol–water partition coefficient (Wildman–Crippen LogP) is 2.63. The van der Waals surface area contributed by atoms with Crippen molar-refractivity contribution in [1.82, 2.24) is 10.2 Å². The normalized spacial score (nSPS) is 10.9. The molecule has 0 aliphatic carbocycles. The van der Waals surface area contributed by atoms with Crippen LogP contribution in [0.1, 0.15) is 39.2 Å². The van der Waals surface area contributed by atoms with Gasteiger partial charge in [-0.15, -0.1) is 0 Å². The molecule has 150 valence electrons. The minimum absolute atomic E-state index is 0.0557. The second kappa shape index (κ2) is 10.5. The second-order valence-electron chi connectivity index (χ2n) is 7.03. The third-order valence-corrected chi connectivity index (χ3v) is 3.37. The number of esters is 1. The number of halogens is 1. The number of nitrogens with zero attached hydrogens (tertiary/aromatic N) is 1. The largest absolute Gasteiger partial charge is 0.456 e. The number of rotatable bonds is 8. The van der Waals surface area contributed by atoms with Crippen LogP contribution in [0, 0.1) is 5.82 Å². The lowest BCUT2D eigenvalue weighted by molar-refractivity contribution is -0.151. The number of carbonyl (C=O) groups is 3. The Kier molecular flexibility index (Phi) is 8.71. The Labute approximate surface area is 158 Å². The van der Waals surface area contributed by atoms with Crippen molar-refractivity contribution in [3.8, 4) is 0 Å². The van der Waals surface area contributed by atoms with Gasteiger partial charge in [-0.3, -0.25) is 9.59 Å². The summed E-state index contributed by atoms with van der Waals surface area (Å²) in [4.78, 5) is 36.4. The first kappa shape index (κ1) is 22.4. The Bertz CT molecular complexity index is 658. The molecule has 1 aromatic carbocycles. The predicted molar refractivity (Wildman–Crippen MR) is 97.3 cm³/mol. The van der Waals surface area contributed by atoms with E-state index in [0.717, 1.165) is 0 Å². The molecule has 0 spiro atoms. The molecule has 8 heteroatoms. The summed E-state index contributed by atoms with van der Waals surface area (Å²) in [6, 6.07) is 6.16. The molecular formula is C19H27FN2O5. The third-order valence-electron chi connectivity index (χ3n) is 3.37. The van der Waals surface area contributed by atoms with Crippen LogP contribution in [0.25, 0.3) is 0 Å². The maximum Gasteiger partial charge on any atom is 0.407 e. The molecule has 1 rings (SSSR count). The number of alkyl carbamates (subject to hydrolysis) is 1. The standard InChI is InChI=1S/C19H27FN2O5/c1-19(2,3)27-18(25)21-11-7-10-17(24)26-13-16(23)22(4)12-14-8-5-6-9-15(14)20/h5-6,8-9H,7,10-13H2,1-4H3,(H,21,25). The molecule has 0 saturated carbocycles. The van der Waals surface area contributed by atoms with Gasteiger partial charge in [0, 0.05) is 32.1 Å². The van der Waals surface area contributed by atoms with Crippen LogP contribution in [0.2, 0.25) is 0 Å². The summed E-state index contributed by atoms with van der Waals surface area (Å²) in [7, 11) is 1.51. The van der Waals surface area contributed by atoms with Crippen molar-refractivity contribution in [3.05, 3.63) is 35.6 Å². The Morgan fingerprint density at radius 2 is 1.85 bits per heavy atom. The Morgan fingerprint density at radius 1 is 1.19 bits per heavy atom. The Hall–Kier alpha value is -2.64. The fourth-order valence-electron chi connectivity index (χ4n) is 2.03. The number of amides is 2. The number of benzene rings is 1. The summed E-state index contributed by atoms with van der Waals surface area (Å²) < 4.78 is 23.6. The average Bonchev–Trinajstić information content (AvgIpc) is 2.57. The van der Waals surface area contributed by atoms with Crippen LogP contribution >= 0.6 is 0 Å². The van der Waals surface area contributed by atoms with Crippen LogP contribution in [0.3, 0.4) is 0 Å². The van der Waals surface area contributed by atoms with E-state index in [1.54, 1.807) is 39.0 Å². The SMILES string of the molecule is CN(Cc1ccccc1F)C(=O)COC(=O)CCCNC(=O)OC(C)(C)C. The average molecular weight is 382 g/mol. The van der Waals surface area contributed by atoms with Crippen molar-refractivity contribution < 1.29 is 28.2 Å². The molecule has 0 aliphatic rings. The maximum absolute atomic E-state index is 13.6. The highest BCUT2D eigenvalue weighted by Crippen LogP contribution is 2.09. The molecule has 0 aromatic heterocycles. The zero-order chi connectivity index (χ0) is 20.4. The lowest BCUT2D eigenvalue weighted by Crippen LogP contribution is -2.33. The number of ether oxygens (including phenoxy) is 2. The van der Waals surface area contributed by atoms with E-state index in [1.165, 1.54) is 18.0 Å². The van der Waals surface area contributed by atoms with Crippen molar-refractivity contribution >= 4 is 18.0 Å². The summed E-state index contributed by atoms with van der Waals surface area (Å²) in [5, 5.41) is 2.53. The van der Waals surface area contributed by atoms with E-state index in [1.807, 2.05) is 0 Å². The van der Waals surface area contributed by atoms with E-state index in [2.05, 4.69) is 5.32 Å². The fourth-order valence-corrected chi connectivity index (χ4v) is 2.03. The van der Waals surface area contributed by atoms with E-state index < -0.39 is 36.0 Å². The molecule has 0 radical (unpaired) electrons. The molecule has 0 aliphatic heterocycles. The van der Waals surface area contributed by atoms with Gasteiger partial charge in [0.1, 0.15) is 11.4 Å². The number of hydrogen-bond acceptors (Lipinski definition) is 5. The van der Waals surface area contributed by atoms with Crippen LogP contribution in [0.15, 0.2) is 24.3 Å². The molecule has 7 nitrogen and oxygen atoms in total. The Morgan fingerprint density at radius 3 is 2.48 bits per heavy atom. The number of hydrogen-bond donors (Lipinski definition) is 1. The van der Waals surface area contributed by atoms with Gasteiger partial charge in [0.2, 0.25) is 0 Å². The van der Waals surface area contributed by atoms with Gasteiger partial charge in [0.25, 0.3) is 5.91 Å². The third kappa shape index (κ3) is 9.58. The molecule has 1 N–H and O–H groups in total. The minimum atomic E-state index is -0.585. The summed E-state index contributed by atoms with van der Waals surface area (Å²) in [5.74, 6) is -1.38. The van der Waals surface area contributed by atoms with Crippen molar-refractivity contribution in [1.29, 1.82) is 0 Å². The first-order valence-electron chi connectivity index (χ1n) is 8.68.